The molecule has 0 aliphatic heterocycles. The lowest BCUT2D eigenvalue weighted by Gasteiger charge is -2.15. The van der Waals surface area contributed by atoms with Crippen molar-refractivity contribution in [2.75, 3.05) is 13.2 Å². The molecule has 0 bridgehead atoms. The Morgan fingerprint density at radius 2 is 2.06 bits per heavy atom. The van der Waals surface area contributed by atoms with Crippen LogP contribution in [0.4, 0.5) is 0 Å². The number of carbonyl (C=O) groups is 1. The SMILES string of the molecule is CC(C)(C#N)CNC(=O)COc1ccccc1. The molecule has 0 saturated carbocycles. The predicted molar refractivity (Wildman–Crippen MR) is 64.3 cm³/mol. The monoisotopic (exact) mass is 232 g/mol. The second kappa shape index (κ2) is 5.90. The Bertz CT molecular complexity index is 407. The van der Waals surface area contributed by atoms with Crippen LogP contribution in [-0.4, -0.2) is 19.1 Å². The number of nitrogens with zero attached hydrogens (tertiary/aromatic N) is 1. The number of nitrogens with one attached hydrogen (secondary N) is 1. The van der Waals surface area contributed by atoms with Crippen molar-refractivity contribution in [2.24, 2.45) is 5.41 Å². The van der Waals surface area contributed by atoms with Gasteiger partial charge >= 0.3 is 0 Å². The highest BCUT2D eigenvalue weighted by Crippen LogP contribution is 2.10. The van der Waals surface area contributed by atoms with Crippen LogP contribution in [0.2, 0.25) is 0 Å². The first-order valence-electron chi connectivity index (χ1n) is 5.39. The molecule has 1 N–H and O–H groups in total. The third kappa shape index (κ3) is 5.03. The number of benzene rings is 1. The minimum Gasteiger partial charge on any atom is -0.484 e. The van der Waals surface area contributed by atoms with E-state index >= 15 is 0 Å². The first-order valence-corrected chi connectivity index (χ1v) is 5.39. The Hall–Kier alpha value is -2.02. The highest BCUT2D eigenvalue weighted by molar-refractivity contribution is 5.77. The second-order valence-electron chi connectivity index (χ2n) is 4.37. The maximum Gasteiger partial charge on any atom is 0.257 e. The van der Waals surface area contributed by atoms with E-state index in [0.29, 0.717) is 12.3 Å². The summed E-state index contributed by atoms with van der Waals surface area (Å²) in [5.41, 5.74) is -0.553. The van der Waals surface area contributed by atoms with Crippen LogP contribution in [0.15, 0.2) is 30.3 Å². The zero-order valence-electron chi connectivity index (χ0n) is 10.1. The number of rotatable bonds is 5. The van der Waals surface area contributed by atoms with Gasteiger partial charge in [-0.25, -0.2) is 0 Å². The minimum atomic E-state index is -0.553. The molecule has 90 valence electrons. The largest absolute Gasteiger partial charge is 0.484 e. The Kier molecular flexibility index (Phi) is 4.53. The molecule has 1 rings (SSSR count). The molecule has 0 atom stereocenters. The third-order valence-electron chi connectivity index (χ3n) is 2.14. The maximum atomic E-state index is 11.4. The minimum absolute atomic E-state index is 0.0362. The zero-order valence-corrected chi connectivity index (χ0v) is 10.1. The van der Waals surface area contributed by atoms with Crippen LogP contribution in [0.1, 0.15) is 13.8 Å². The Morgan fingerprint density at radius 3 is 2.65 bits per heavy atom. The maximum absolute atomic E-state index is 11.4. The Morgan fingerprint density at radius 1 is 1.41 bits per heavy atom. The van der Waals surface area contributed by atoms with Crippen molar-refractivity contribution in [3.8, 4) is 11.8 Å². The van der Waals surface area contributed by atoms with Gasteiger partial charge in [0.2, 0.25) is 0 Å². The van der Waals surface area contributed by atoms with E-state index in [9.17, 15) is 4.79 Å². The summed E-state index contributed by atoms with van der Waals surface area (Å²) in [6.45, 7) is 3.82. The van der Waals surface area contributed by atoms with Gasteiger partial charge in [0.25, 0.3) is 5.91 Å². The van der Waals surface area contributed by atoms with Gasteiger partial charge in [0.05, 0.1) is 11.5 Å². The number of para-hydroxylation sites is 1. The van der Waals surface area contributed by atoms with Crippen molar-refractivity contribution in [3.63, 3.8) is 0 Å². The Labute approximate surface area is 101 Å². The average Bonchev–Trinajstić information content (AvgIpc) is 2.35. The van der Waals surface area contributed by atoms with Gasteiger partial charge in [-0.1, -0.05) is 18.2 Å². The molecular formula is C13H16N2O2. The van der Waals surface area contributed by atoms with Crippen LogP contribution in [0, 0.1) is 16.7 Å². The van der Waals surface area contributed by atoms with E-state index in [2.05, 4.69) is 11.4 Å². The topological polar surface area (TPSA) is 62.1 Å². The van der Waals surface area contributed by atoms with Crippen LogP contribution in [0.25, 0.3) is 0 Å². The lowest BCUT2D eigenvalue weighted by Crippen LogP contribution is -2.36. The van der Waals surface area contributed by atoms with Crippen molar-refractivity contribution in [1.82, 2.24) is 5.32 Å². The van der Waals surface area contributed by atoms with Crippen molar-refractivity contribution in [2.45, 2.75) is 13.8 Å². The van der Waals surface area contributed by atoms with Crippen LogP contribution in [-0.2, 0) is 4.79 Å². The standard InChI is InChI=1S/C13H16N2O2/c1-13(2,9-14)10-15-12(16)8-17-11-6-4-3-5-7-11/h3-7H,8,10H2,1-2H3,(H,15,16). The summed E-state index contributed by atoms with van der Waals surface area (Å²) in [5.74, 6) is 0.430. The summed E-state index contributed by atoms with van der Waals surface area (Å²) in [7, 11) is 0. The lowest BCUT2D eigenvalue weighted by atomic mass is 9.96. The number of nitriles is 1. The number of carbonyl (C=O) groups excluding carboxylic acids is 1. The van der Waals surface area contributed by atoms with Gasteiger partial charge in [0, 0.05) is 6.54 Å². The summed E-state index contributed by atoms with van der Waals surface area (Å²) in [6.07, 6.45) is 0. The van der Waals surface area contributed by atoms with Gasteiger partial charge in [-0.05, 0) is 26.0 Å². The van der Waals surface area contributed by atoms with E-state index < -0.39 is 5.41 Å². The van der Waals surface area contributed by atoms with E-state index in [-0.39, 0.29) is 12.5 Å². The molecule has 4 heteroatoms. The van der Waals surface area contributed by atoms with Gasteiger partial charge < -0.3 is 10.1 Å². The molecule has 1 aromatic carbocycles. The molecule has 17 heavy (non-hydrogen) atoms. The predicted octanol–water partition coefficient (Wildman–Crippen LogP) is 1.73. The number of amides is 1. The first kappa shape index (κ1) is 13.0. The summed E-state index contributed by atoms with van der Waals surface area (Å²) in [4.78, 5) is 11.4. The number of ether oxygens (including phenoxy) is 1. The summed E-state index contributed by atoms with van der Waals surface area (Å²) in [6, 6.07) is 11.2. The fraction of sp³-hybridized carbons (Fsp3) is 0.385. The smallest absolute Gasteiger partial charge is 0.257 e. The molecule has 0 spiro atoms. The molecule has 0 unspecified atom stereocenters. The van der Waals surface area contributed by atoms with Crippen LogP contribution in [0.5, 0.6) is 5.75 Å². The van der Waals surface area contributed by atoms with Gasteiger partial charge in [-0.3, -0.25) is 4.79 Å². The van der Waals surface area contributed by atoms with Gasteiger partial charge in [-0.2, -0.15) is 5.26 Å². The molecule has 0 heterocycles. The van der Waals surface area contributed by atoms with Gasteiger partial charge in [0.1, 0.15) is 5.75 Å². The van der Waals surface area contributed by atoms with Gasteiger partial charge in [-0.15, -0.1) is 0 Å². The van der Waals surface area contributed by atoms with Gasteiger partial charge in [0.15, 0.2) is 6.61 Å². The van der Waals surface area contributed by atoms with Crippen LogP contribution in [0.3, 0.4) is 0 Å². The normalized spacial score (nSPS) is 10.4. The van der Waals surface area contributed by atoms with E-state index in [1.54, 1.807) is 26.0 Å². The van der Waals surface area contributed by atoms with Crippen molar-refractivity contribution in [1.29, 1.82) is 5.26 Å². The van der Waals surface area contributed by atoms with Crippen molar-refractivity contribution >= 4 is 5.91 Å². The highest BCUT2D eigenvalue weighted by atomic mass is 16.5. The number of hydrogen-bond acceptors (Lipinski definition) is 3. The quantitative estimate of drug-likeness (QED) is 0.841. The van der Waals surface area contributed by atoms with E-state index in [1.165, 1.54) is 0 Å². The molecule has 4 nitrogen and oxygen atoms in total. The molecule has 1 aromatic rings. The molecule has 0 aromatic heterocycles. The highest BCUT2D eigenvalue weighted by Gasteiger charge is 2.17. The molecule has 0 aliphatic carbocycles. The molecule has 0 aliphatic rings. The first-order chi connectivity index (χ1) is 8.03. The van der Waals surface area contributed by atoms with E-state index in [0.717, 1.165) is 0 Å². The van der Waals surface area contributed by atoms with Crippen molar-refractivity contribution in [3.05, 3.63) is 30.3 Å². The number of hydrogen-bond donors (Lipinski definition) is 1. The molecular weight excluding hydrogens is 216 g/mol. The molecule has 0 fully saturated rings. The molecule has 0 saturated heterocycles. The second-order valence-corrected chi connectivity index (χ2v) is 4.37. The molecule has 1 amide bonds. The summed E-state index contributed by atoms with van der Waals surface area (Å²) < 4.78 is 5.27. The van der Waals surface area contributed by atoms with Crippen molar-refractivity contribution < 1.29 is 9.53 Å². The Balaban J connectivity index is 2.30. The summed E-state index contributed by atoms with van der Waals surface area (Å²) in [5, 5.41) is 11.4. The lowest BCUT2D eigenvalue weighted by molar-refractivity contribution is -0.123. The van der Waals surface area contributed by atoms with Crippen LogP contribution >= 0.6 is 0 Å². The van der Waals surface area contributed by atoms with Crippen LogP contribution < -0.4 is 10.1 Å². The fourth-order valence-corrected chi connectivity index (χ4v) is 1.08. The fourth-order valence-electron chi connectivity index (χ4n) is 1.08. The third-order valence-corrected chi connectivity index (χ3v) is 2.14. The zero-order chi connectivity index (χ0) is 12.7. The van der Waals surface area contributed by atoms with E-state index in [4.69, 9.17) is 10.00 Å². The molecule has 0 radical (unpaired) electrons. The summed E-state index contributed by atoms with van der Waals surface area (Å²) >= 11 is 0. The van der Waals surface area contributed by atoms with E-state index in [1.807, 2.05) is 18.2 Å². The average molecular weight is 232 g/mol.